The summed E-state index contributed by atoms with van der Waals surface area (Å²) in [4.78, 5) is 46.7. The number of piperazine rings is 1. The van der Waals surface area contributed by atoms with Crippen LogP contribution in [0, 0.1) is 11.7 Å². The quantitative estimate of drug-likeness (QED) is 0.0246. The number of anilines is 6. The number of nitrogens with zero attached hydrogens (tertiary/aromatic N) is 6. The summed E-state index contributed by atoms with van der Waals surface area (Å²) in [6.07, 6.45) is 6.58. The molecule has 432 valence electrons. The van der Waals surface area contributed by atoms with Crippen LogP contribution in [0.4, 0.5) is 44.1 Å². The number of hydrogen-bond acceptors (Lipinski definition) is 20. The Balaban J connectivity index is 0.611. The molecular weight excluding hydrogens is 1120 g/mol. The lowest BCUT2D eigenvalue weighted by Crippen LogP contribution is -2.45. The molecule has 0 spiro atoms. The summed E-state index contributed by atoms with van der Waals surface area (Å²) in [5.74, 6) is 0.424. The van der Waals surface area contributed by atoms with Crippen LogP contribution in [0.1, 0.15) is 65.3 Å². The van der Waals surface area contributed by atoms with Crippen molar-refractivity contribution in [3.05, 3.63) is 112 Å². The van der Waals surface area contributed by atoms with Gasteiger partial charge in [0, 0.05) is 56.8 Å². The molecule has 2 aliphatic heterocycles. The van der Waals surface area contributed by atoms with Crippen molar-refractivity contribution in [2.75, 3.05) is 139 Å². The third-order valence-electron chi connectivity index (χ3n) is 13.2. The average Bonchev–Trinajstić information content (AvgIpc) is 4.30. The summed E-state index contributed by atoms with van der Waals surface area (Å²) in [5.41, 5.74) is 8.89. The van der Waals surface area contributed by atoms with Crippen LogP contribution in [-0.2, 0) is 49.8 Å². The predicted molar refractivity (Wildman–Crippen MR) is 300 cm³/mol. The van der Waals surface area contributed by atoms with Gasteiger partial charge in [0.2, 0.25) is 21.9 Å². The van der Waals surface area contributed by atoms with E-state index in [1.54, 1.807) is 18.3 Å². The van der Waals surface area contributed by atoms with E-state index in [9.17, 15) is 22.4 Å². The minimum Gasteiger partial charge on any atom is -0.444 e. The molecule has 2 atom stereocenters. The van der Waals surface area contributed by atoms with Crippen LogP contribution in [0.5, 0.6) is 0 Å². The second-order valence-corrected chi connectivity index (χ2v) is 21.6. The van der Waals surface area contributed by atoms with E-state index in [1.807, 2.05) is 0 Å². The fraction of sp³-hybridized carbons (Fsp3) is 0.481. The zero-order chi connectivity index (χ0) is 56.1. The first-order valence-corrected chi connectivity index (χ1v) is 29.0. The minimum atomic E-state index is -3.82. The molecule has 5 aromatic rings. The Bertz CT molecular complexity index is 2890. The fourth-order valence-corrected chi connectivity index (χ4v) is 10.1. The predicted octanol–water partition coefficient (Wildman–Crippen LogP) is 6.21. The lowest BCUT2D eigenvalue weighted by Gasteiger charge is -2.35. The van der Waals surface area contributed by atoms with Gasteiger partial charge in [-0.2, -0.15) is 9.97 Å². The second kappa shape index (κ2) is 30.7. The van der Waals surface area contributed by atoms with Crippen molar-refractivity contribution < 1.29 is 55.6 Å². The fourth-order valence-electron chi connectivity index (χ4n) is 8.80. The SMILES string of the molecule is C[C@H](Nc1ncc2c(n1)N(CCOCCOCCOCCOCCOCCOCCNS(=O)(=O)c1ccc(Nc3ncc(Br)c(Nc4cccc(F)c4C(N)=O)n3)cc1)C(=O)OC2)c1ccc([C@H](CC2CC2)N2CCNCC2)cc1. The molecule has 3 aliphatic rings. The molecule has 8 rings (SSSR count). The monoisotopic (exact) mass is 1190 g/mol. The van der Waals surface area contributed by atoms with Gasteiger partial charge >= 0.3 is 6.09 Å². The molecule has 80 heavy (non-hydrogen) atoms. The van der Waals surface area contributed by atoms with Gasteiger partial charge in [0.05, 0.1) is 118 Å². The largest absolute Gasteiger partial charge is 0.444 e. The van der Waals surface area contributed by atoms with E-state index in [1.165, 1.54) is 60.2 Å². The number of primary amides is 1. The van der Waals surface area contributed by atoms with Crippen LogP contribution in [0.15, 0.2) is 88.5 Å². The molecule has 4 heterocycles. The molecular formula is C54H70BrFN12O11S. The molecule has 23 nitrogen and oxygen atoms in total. The first kappa shape index (κ1) is 60.1. The number of sulfonamides is 1. The number of aromatic nitrogens is 4. The Kier molecular flexibility index (Phi) is 23.0. The van der Waals surface area contributed by atoms with Gasteiger partial charge in [-0.3, -0.25) is 14.6 Å². The van der Waals surface area contributed by atoms with E-state index in [4.69, 9.17) is 43.9 Å². The van der Waals surface area contributed by atoms with E-state index in [0.717, 1.165) is 49.3 Å². The van der Waals surface area contributed by atoms with Crippen molar-refractivity contribution >= 4 is 72.9 Å². The lowest BCUT2D eigenvalue weighted by molar-refractivity contribution is -0.0162. The summed E-state index contributed by atoms with van der Waals surface area (Å²) < 4.78 is 81.9. The zero-order valence-electron chi connectivity index (χ0n) is 44.7. The summed E-state index contributed by atoms with van der Waals surface area (Å²) in [5, 5.41) is 12.8. The van der Waals surface area contributed by atoms with E-state index < -0.39 is 27.8 Å². The minimum absolute atomic E-state index is 0.0413. The van der Waals surface area contributed by atoms with Crippen molar-refractivity contribution in [3.8, 4) is 0 Å². The summed E-state index contributed by atoms with van der Waals surface area (Å²) in [7, 11) is -3.82. The first-order valence-electron chi connectivity index (χ1n) is 26.7. The number of fused-ring (bicyclic) bond motifs is 1. The highest BCUT2D eigenvalue weighted by Gasteiger charge is 2.31. The van der Waals surface area contributed by atoms with Gasteiger partial charge in [-0.25, -0.2) is 32.3 Å². The highest BCUT2D eigenvalue weighted by molar-refractivity contribution is 9.10. The number of amides is 2. The smallest absolute Gasteiger partial charge is 0.415 e. The number of hydrogen-bond donors (Lipinski definition) is 6. The Morgan fingerprint density at radius 3 is 2.05 bits per heavy atom. The molecule has 7 N–H and O–H groups in total. The van der Waals surface area contributed by atoms with Crippen molar-refractivity contribution in [2.45, 2.75) is 49.8 Å². The topological polar surface area (TPSA) is 277 Å². The van der Waals surface area contributed by atoms with E-state index in [0.29, 0.717) is 87.4 Å². The van der Waals surface area contributed by atoms with Gasteiger partial charge in [0.15, 0.2) is 0 Å². The summed E-state index contributed by atoms with van der Waals surface area (Å²) in [6, 6.07) is 19.3. The molecule has 1 saturated carbocycles. The van der Waals surface area contributed by atoms with Gasteiger partial charge in [0.1, 0.15) is 24.1 Å². The van der Waals surface area contributed by atoms with Gasteiger partial charge < -0.3 is 60.2 Å². The van der Waals surface area contributed by atoms with Gasteiger partial charge in [-0.1, -0.05) is 43.2 Å². The molecule has 1 aliphatic carbocycles. The number of halogens is 2. The number of rotatable bonds is 35. The third kappa shape index (κ3) is 18.2. The Morgan fingerprint density at radius 1 is 0.800 bits per heavy atom. The Hall–Kier alpha value is -6.04. The number of ether oxygens (including phenoxy) is 7. The number of cyclic esters (lactones) is 1. The number of carbonyl (C=O) groups excluding carboxylic acids is 2. The standard InChI is InChI=1S/C54H70BrFN12O11S/c1-37(39-7-9-40(10-8-39)47(33-38-5-6-38)67-18-15-58-16-19-67)62-52-59-34-41-36-79-54(70)68(51(41)66-52)20-22-74-24-26-76-28-30-78-32-31-77-29-27-75-25-23-73-21-17-61-80(71,72)43-13-11-42(12-14-43)63-53-60-35-44(55)50(65-53)64-46-4-2-3-45(56)48(46)49(57)69/h2-4,7-14,34-35,37-38,47,58,61H,5-6,15-33,36H2,1H3,(H2,57,69)(H,59,62,66)(H2,60,63,64,65)/t37-,47-/m0/s1. The van der Waals surface area contributed by atoms with Crippen LogP contribution < -0.4 is 36.6 Å². The molecule has 2 amide bonds. The zero-order valence-corrected chi connectivity index (χ0v) is 47.1. The maximum absolute atomic E-state index is 14.3. The first-order chi connectivity index (χ1) is 38.9. The van der Waals surface area contributed by atoms with E-state index >= 15 is 0 Å². The number of nitrogens with two attached hydrogens (primary N) is 1. The normalized spacial score (nSPS) is 15.5. The Morgan fingerprint density at radius 2 is 1.41 bits per heavy atom. The van der Waals surface area contributed by atoms with Crippen LogP contribution >= 0.6 is 15.9 Å². The molecule has 0 radical (unpaired) electrons. The summed E-state index contributed by atoms with van der Waals surface area (Å²) >= 11 is 3.34. The van der Waals surface area contributed by atoms with Crippen LogP contribution in [0.25, 0.3) is 0 Å². The van der Waals surface area contributed by atoms with Crippen molar-refractivity contribution in [3.63, 3.8) is 0 Å². The van der Waals surface area contributed by atoms with Crippen molar-refractivity contribution in [1.29, 1.82) is 0 Å². The average molecular weight is 1190 g/mol. The molecule has 1 saturated heterocycles. The van der Waals surface area contributed by atoms with Crippen molar-refractivity contribution in [2.24, 2.45) is 11.7 Å². The highest BCUT2D eigenvalue weighted by Crippen LogP contribution is 2.40. The maximum Gasteiger partial charge on any atom is 0.415 e. The van der Waals surface area contributed by atoms with Crippen LogP contribution in [0.2, 0.25) is 0 Å². The van der Waals surface area contributed by atoms with Crippen LogP contribution in [-0.4, -0.2) is 164 Å². The maximum atomic E-state index is 14.3. The van der Waals surface area contributed by atoms with E-state index in [2.05, 4.69) is 93.0 Å². The molecule has 0 bridgehead atoms. The lowest BCUT2D eigenvalue weighted by atomic mass is 9.96. The molecule has 26 heteroatoms. The number of nitrogens with one attached hydrogen (secondary N) is 5. The van der Waals surface area contributed by atoms with Crippen molar-refractivity contribution in [1.82, 2.24) is 34.9 Å². The second-order valence-electron chi connectivity index (χ2n) is 19.0. The molecule has 3 aromatic carbocycles. The summed E-state index contributed by atoms with van der Waals surface area (Å²) in [6.45, 7) is 10.7. The number of benzene rings is 3. The Labute approximate surface area is 473 Å². The molecule has 0 unspecified atom stereocenters. The highest BCUT2D eigenvalue weighted by atomic mass is 79.9. The molecule has 2 aromatic heterocycles. The van der Waals surface area contributed by atoms with E-state index in [-0.39, 0.29) is 73.5 Å². The van der Waals surface area contributed by atoms with Gasteiger partial charge in [-0.15, -0.1) is 0 Å². The van der Waals surface area contributed by atoms with Crippen LogP contribution in [0.3, 0.4) is 0 Å². The van der Waals surface area contributed by atoms with Gasteiger partial charge in [0.25, 0.3) is 5.91 Å². The van der Waals surface area contributed by atoms with Gasteiger partial charge in [-0.05, 0) is 82.7 Å². The third-order valence-corrected chi connectivity index (χ3v) is 15.3. The number of carbonyl (C=O) groups is 2. The molecule has 2 fully saturated rings.